The molecule has 0 aliphatic heterocycles. The molecule has 0 saturated heterocycles. The van der Waals surface area contributed by atoms with Crippen LogP contribution in [-0.4, -0.2) is 22.4 Å². The molecule has 2 atom stereocenters. The van der Waals surface area contributed by atoms with E-state index in [1.807, 2.05) is 60.7 Å². The van der Waals surface area contributed by atoms with E-state index >= 15 is 0 Å². The van der Waals surface area contributed by atoms with Crippen molar-refractivity contribution in [1.29, 1.82) is 0 Å². The molecule has 0 heterocycles. The van der Waals surface area contributed by atoms with Gasteiger partial charge in [0, 0.05) is 0 Å². The molecule has 2 unspecified atom stereocenters. The van der Waals surface area contributed by atoms with Gasteiger partial charge in [-0.25, -0.2) is 18.2 Å². The Balaban J connectivity index is 0.000000454. The maximum atomic E-state index is 9.35. The maximum absolute atomic E-state index is 9.35. The first-order chi connectivity index (χ1) is 8.61. The summed E-state index contributed by atoms with van der Waals surface area (Å²) in [6, 6.07) is 17.7. The van der Waals surface area contributed by atoms with Gasteiger partial charge in [-0.05, 0) is 19.4 Å². The molecule has 2 nitrogen and oxygen atoms in total. The average molecular weight is 300 g/mol. The van der Waals surface area contributed by atoms with Gasteiger partial charge in [-0.15, -0.1) is 6.08 Å². The van der Waals surface area contributed by atoms with Crippen LogP contribution in [0.5, 0.6) is 0 Å². The topological polar surface area (TPSA) is 40.5 Å². The van der Waals surface area contributed by atoms with E-state index in [1.165, 1.54) is 0 Å². The summed E-state index contributed by atoms with van der Waals surface area (Å²) in [4.78, 5) is 0. The first-order valence-corrected chi connectivity index (χ1v) is 6.07. The molecule has 0 aromatic heterocycles. The fourth-order valence-electron chi connectivity index (χ4n) is 1.59. The number of hydrogen-bond acceptors (Lipinski definition) is 2. The minimum absolute atomic E-state index is 0. The van der Waals surface area contributed by atoms with E-state index in [0.29, 0.717) is 5.57 Å². The van der Waals surface area contributed by atoms with Gasteiger partial charge in [0.15, 0.2) is 0 Å². The summed E-state index contributed by atoms with van der Waals surface area (Å²) in [5.41, 5.74) is 1.66. The SMILES string of the molecule is CC(O)C(=Cc1cc[cH-]c1)C(C)O.[Fe+2].c1cc[cH-]c1. The molecule has 0 aliphatic carbocycles. The second-order valence-corrected chi connectivity index (χ2v) is 4.18. The Morgan fingerprint density at radius 2 is 1.63 bits per heavy atom. The first-order valence-electron chi connectivity index (χ1n) is 6.07. The Hall–Kier alpha value is -1.12. The van der Waals surface area contributed by atoms with E-state index in [9.17, 15) is 10.2 Å². The van der Waals surface area contributed by atoms with Crippen LogP contribution >= 0.6 is 0 Å². The minimum atomic E-state index is -0.602. The molecule has 2 rings (SSSR count). The summed E-state index contributed by atoms with van der Waals surface area (Å²) >= 11 is 0. The molecule has 0 fully saturated rings. The van der Waals surface area contributed by atoms with E-state index in [-0.39, 0.29) is 17.1 Å². The Kier molecular flexibility index (Phi) is 9.19. The third-order valence-electron chi connectivity index (χ3n) is 2.54. The molecule has 0 saturated carbocycles. The van der Waals surface area contributed by atoms with Crippen molar-refractivity contribution in [2.75, 3.05) is 0 Å². The van der Waals surface area contributed by atoms with Gasteiger partial charge in [0.25, 0.3) is 0 Å². The molecule has 3 heteroatoms. The maximum Gasteiger partial charge on any atom is 2.00 e. The number of aliphatic hydroxyl groups is 2. The fraction of sp³-hybridized carbons (Fsp3) is 0.250. The second-order valence-electron chi connectivity index (χ2n) is 4.18. The van der Waals surface area contributed by atoms with Gasteiger partial charge >= 0.3 is 17.1 Å². The van der Waals surface area contributed by atoms with E-state index in [0.717, 1.165) is 5.56 Å². The van der Waals surface area contributed by atoms with Crippen LogP contribution in [0, 0.1) is 0 Å². The third-order valence-corrected chi connectivity index (χ3v) is 2.54. The van der Waals surface area contributed by atoms with Gasteiger partial charge in [0.2, 0.25) is 0 Å². The van der Waals surface area contributed by atoms with E-state index < -0.39 is 12.2 Å². The van der Waals surface area contributed by atoms with Crippen molar-refractivity contribution in [3.63, 3.8) is 0 Å². The summed E-state index contributed by atoms with van der Waals surface area (Å²) in [6.45, 7) is 3.31. The zero-order valence-electron chi connectivity index (χ0n) is 11.2. The monoisotopic (exact) mass is 300 g/mol. The van der Waals surface area contributed by atoms with Crippen molar-refractivity contribution < 1.29 is 27.3 Å². The van der Waals surface area contributed by atoms with E-state index in [4.69, 9.17) is 0 Å². The van der Waals surface area contributed by atoms with Crippen LogP contribution in [0.1, 0.15) is 19.4 Å². The molecule has 0 amide bonds. The predicted molar refractivity (Wildman–Crippen MR) is 75.4 cm³/mol. The average Bonchev–Trinajstić information content (AvgIpc) is 3.01. The van der Waals surface area contributed by atoms with Crippen molar-refractivity contribution in [2.24, 2.45) is 0 Å². The minimum Gasteiger partial charge on any atom is -0.389 e. The molecular formula is C16H20FeO2. The molecule has 2 aromatic carbocycles. The number of hydrogen-bond donors (Lipinski definition) is 2. The van der Waals surface area contributed by atoms with Crippen LogP contribution < -0.4 is 0 Å². The van der Waals surface area contributed by atoms with Crippen LogP contribution in [0.2, 0.25) is 0 Å². The molecule has 0 radical (unpaired) electrons. The smallest absolute Gasteiger partial charge is 0.389 e. The van der Waals surface area contributed by atoms with Crippen molar-refractivity contribution in [3.8, 4) is 0 Å². The van der Waals surface area contributed by atoms with Crippen molar-refractivity contribution >= 4 is 6.08 Å². The molecule has 0 aliphatic rings. The number of rotatable bonds is 3. The van der Waals surface area contributed by atoms with Gasteiger partial charge in [-0.1, -0.05) is 0 Å². The summed E-state index contributed by atoms with van der Waals surface area (Å²) in [5.74, 6) is 0. The summed E-state index contributed by atoms with van der Waals surface area (Å²) in [7, 11) is 0. The summed E-state index contributed by atoms with van der Waals surface area (Å²) in [5, 5.41) is 18.7. The molecule has 0 spiro atoms. The molecule has 0 bridgehead atoms. The molecular weight excluding hydrogens is 280 g/mol. The van der Waals surface area contributed by atoms with Crippen LogP contribution in [0.25, 0.3) is 6.08 Å². The number of aliphatic hydroxyl groups excluding tert-OH is 2. The van der Waals surface area contributed by atoms with E-state index in [2.05, 4.69) is 0 Å². The molecule has 2 aromatic rings. The van der Waals surface area contributed by atoms with E-state index in [1.54, 1.807) is 13.8 Å². The van der Waals surface area contributed by atoms with Gasteiger partial charge in [0.05, 0.1) is 12.2 Å². The quantitative estimate of drug-likeness (QED) is 0.676. The largest absolute Gasteiger partial charge is 2.00 e. The third kappa shape index (κ3) is 7.14. The van der Waals surface area contributed by atoms with Crippen LogP contribution in [-0.2, 0) is 17.1 Å². The zero-order valence-corrected chi connectivity index (χ0v) is 12.3. The van der Waals surface area contributed by atoms with Crippen LogP contribution in [0.4, 0.5) is 0 Å². The molecule has 2 N–H and O–H groups in total. The summed E-state index contributed by atoms with van der Waals surface area (Å²) in [6.07, 6.45) is 0.611. The van der Waals surface area contributed by atoms with Gasteiger partial charge in [-0.3, -0.25) is 0 Å². The fourth-order valence-corrected chi connectivity index (χ4v) is 1.59. The standard InChI is InChI=1S/C11H15O2.C5H5.Fe/c1-8(12)11(9(2)13)7-10-5-3-4-6-10;1-2-4-5-3-1;/h3-9,12-13H,1-2H3;1-5H;/q2*-1;+2. The van der Waals surface area contributed by atoms with Crippen LogP contribution in [0.15, 0.2) is 60.2 Å². The van der Waals surface area contributed by atoms with Crippen molar-refractivity contribution in [2.45, 2.75) is 26.1 Å². The zero-order chi connectivity index (χ0) is 13.4. The molecule has 104 valence electrons. The first kappa shape index (κ1) is 17.9. The Morgan fingerprint density at radius 3 is 1.95 bits per heavy atom. The Labute approximate surface area is 125 Å². The van der Waals surface area contributed by atoms with Crippen LogP contribution in [0.3, 0.4) is 0 Å². The van der Waals surface area contributed by atoms with Crippen molar-refractivity contribution in [3.05, 3.63) is 65.7 Å². The second kappa shape index (κ2) is 9.76. The Morgan fingerprint density at radius 1 is 1.05 bits per heavy atom. The van der Waals surface area contributed by atoms with Gasteiger partial charge in [0.1, 0.15) is 0 Å². The summed E-state index contributed by atoms with van der Waals surface area (Å²) < 4.78 is 0. The Bertz CT molecular complexity index is 398. The van der Waals surface area contributed by atoms with Gasteiger partial charge in [-0.2, -0.15) is 42.0 Å². The normalized spacial score (nSPS) is 12.4. The molecule has 19 heavy (non-hydrogen) atoms. The van der Waals surface area contributed by atoms with Crippen molar-refractivity contribution in [1.82, 2.24) is 0 Å². The predicted octanol–water partition coefficient (Wildman–Crippen LogP) is 2.95. The van der Waals surface area contributed by atoms with Gasteiger partial charge < -0.3 is 10.2 Å².